The monoisotopic (exact) mass is 374 g/mol. The summed E-state index contributed by atoms with van der Waals surface area (Å²) < 4.78 is 0.863. The van der Waals surface area contributed by atoms with Crippen LogP contribution < -0.4 is 0 Å². The molecule has 0 aliphatic rings. The molecule has 2 heteroatoms. The van der Waals surface area contributed by atoms with Crippen LogP contribution in [0.2, 0.25) is 0 Å². The van der Waals surface area contributed by atoms with Crippen LogP contribution >= 0.6 is 23.5 Å². The second-order valence-electron chi connectivity index (χ2n) is 7.08. The van der Waals surface area contributed by atoms with Crippen molar-refractivity contribution in [1.82, 2.24) is 0 Å². The molecular formula is C22H46S2. The fraction of sp³-hybridized carbons (Fsp3) is 1.00. The van der Waals surface area contributed by atoms with E-state index in [0.29, 0.717) is 0 Å². The van der Waals surface area contributed by atoms with Gasteiger partial charge < -0.3 is 0 Å². The Morgan fingerprint density at radius 3 is 1.12 bits per heavy atom. The average Bonchev–Trinajstić information content (AvgIpc) is 2.58. The van der Waals surface area contributed by atoms with Crippen LogP contribution in [0, 0.1) is 0 Å². The van der Waals surface area contributed by atoms with Crippen molar-refractivity contribution >= 4 is 23.5 Å². The molecule has 0 unspecified atom stereocenters. The van der Waals surface area contributed by atoms with Crippen LogP contribution in [0.25, 0.3) is 0 Å². The highest BCUT2D eigenvalue weighted by Crippen LogP contribution is 2.28. The van der Waals surface area contributed by atoms with E-state index in [1.54, 1.807) is 0 Å². The van der Waals surface area contributed by atoms with Crippen LogP contribution in [-0.2, 0) is 0 Å². The van der Waals surface area contributed by atoms with Crippen molar-refractivity contribution in [3.05, 3.63) is 0 Å². The summed E-state index contributed by atoms with van der Waals surface area (Å²) in [6.45, 7) is 6.88. The highest BCUT2D eigenvalue weighted by Gasteiger charge is 2.06. The van der Waals surface area contributed by atoms with Gasteiger partial charge in [-0.3, -0.25) is 0 Å². The first-order valence-corrected chi connectivity index (χ1v) is 13.2. The summed E-state index contributed by atoms with van der Waals surface area (Å²) in [5, 5.41) is 0. The van der Waals surface area contributed by atoms with Gasteiger partial charge in [0.25, 0.3) is 0 Å². The predicted octanol–water partition coefficient (Wildman–Crippen LogP) is 9.08. The quantitative estimate of drug-likeness (QED) is 0.154. The van der Waals surface area contributed by atoms with Gasteiger partial charge in [-0.05, 0) is 17.9 Å². The second-order valence-corrected chi connectivity index (χ2v) is 10.3. The lowest BCUT2D eigenvalue weighted by molar-refractivity contribution is 0.531. The SMILES string of the molecule is CCCCCCCCCCCCCCCCCC(SCC)SCC. The fourth-order valence-corrected chi connectivity index (χ4v) is 5.88. The molecule has 0 aromatic carbocycles. The average molecular weight is 375 g/mol. The van der Waals surface area contributed by atoms with E-state index < -0.39 is 0 Å². The van der Waals surface area contributed by atoms with E-state index in [2.05, 4.69) is 44.3 Å². The van der Waals surface area contributed by atoms with Gasteiger partial charge in [0.05, 0.1) is 4.58 Å². The molecule has 0 nitrogen and oxygen atoms in total. The molecule has 0 bridgehead atoms. The zero-order valence-corrected chi connectivity index (χ0v) is 18.8. The Labute approximate surface area is 163 Å². The molecule has 0 rings (SSSR count). The Bertz CT molecular complexity index is 212. The molecular weight excluding hydrogens is 328 g/mol. The Morgan fingerprint density at radius 2 is 0.792 bits per heavy atom. The van der Waals surface area contributed by atoms with Crippen LogP contribution in [0.5, 0.6) is 0 Å². The van der Waals surface area contributed by atoms with Crippen LogP contribution in [0.3, 0.4) is 0 Å². The number of rotatable bonds is 20. The normalized spacial score (nSPS) is 11.5. The van der Waals surface area contributed by atoms with Gasteiger partial charge >= 0.3 is 0 Å². The third kappa shape index (κ3) is 19.0. The largest absolute Gasteiger partial charge is 0.148 e. The molecule has 0 heterocycles. The Kier molecular flexibility index (Phi) is 22.4. The van der Waals surface area contributed by atoms with Crippen molar-refractivity contribution in [2.45, 2.75) is 128 Å². The first-order valence-electron chi connectivity index (χ1n) is 11.1. The summed E-state index contributed by atoms with van der Waals surface area (Å²) in [5.41, 5.74) is 0. The van der Waals surface area contributed by atoms with Gasteiger partial charge in [-0.1, -0.05) is 117 Å². The van der Waals surface area contributed by atoms with Gasteiger partial charge in [0.15, 0.2) is 0 Å². The predicted molar refractivity (Wildman–Crippen MR) is 120 cm³/mol. The number of thioether (sulfide) groups is 2. The van der Waals surface area contributed by atoms with Crippen LogP contribution in [0.15, 0.2) is 0 Å². The zero-order valence-electron chi connectivity index (χ0n) is 17.1. The van der Waals surface area contributed by atoms with E-state index in [4.69, 9.17) is 0 Å². The maximum atomic E-state index is 2.30. The number of hydrogen-bond donors (Lipinski definition) is 0. The first kappa shape index (κ1) is 24.7. The van der Waals surface area contributed by atoms with Gasteiger partial charge in [0, 0.05) is 0 Å². The van der Waals surface area contributed by atoms with Crippen molar-refractivity contribution < 1.29 is 0 Å². The first-order chi connectivity index (χ1) is 11.8. The Balaban J connectivity index is 3.14. The van der Waals surface area contributed by atoms with Crippen LogP contribution in [0.4, 0.5) is 0 Å². The minimum atomic E-state index is 0.863. The molecule has 0 atom stereocenters. The van der Waals surface area contributed by atoms with E-state index in [9.17, 15) is 0 Å². The molecule has 0 aromatic heterocycles. The van der Waals surface area contributed by atoms with Crippen molar-refractivity contribution in [2.24, 2.45) is 0 Å². The van der Waals surface area contributed by atoms with Crippen LogP contribution in [-0.4, -0.2) is 16.1 Å². The smallest absolute Gasteiger partial charge is 0.0502 e. The second kappa shape index (κ2) is 21.7. The summed E-state index contributed by atoms with van der Waals surface area (Å²) in [4.78, 5) is 0. The van der Waals surface area contributed by atoms with E-state index >= 15 is 0 Å². The maximum Gasteiger partial charge on any atom is 0.0502 e. The molecule has 0 aliphatic heterocycles. The molecule has 0 aliphatic carbocycles. The minimum absolute atomic E-state index is 0.863. The van der Waals surface area contributed by atoms with Crippen molar-refractivity contribution in [1.29, 1.82) is 0 Å². The van der Waals surface area contributed by atoms with E-state index in [0.717, 1.165) is 4.58 Å². The topological polar surface area (TPSA) is 0 Å². The lowest BCUT2D eigenvalue weighted by Gasteiger charge is -2.14. The molecule has 0 saturated carbocycles. The molecule has 0 aromatic rings. The summed E-state index contributed by atoms with van der Waals surface area (Å²) in [5.74, 6) is 2.55. The van der Waals surface area contributed by atoms with Gasteiger partial charge in [0.2, 0.25) is 0 Å². The summed E-state index contributed by atoms with van der Waals surface area (Å²) in [6, 6.07) is 0. The van der Waals surface area contributed by atoms with Crippen molar-refractivity contribution in [2.75, 3.05) is 11.5 Å². The van der Waals surface area contributed by atoms with Gasteiger partial charge in [-0.25, -0.2) is 0 Å². The highest BCUT2D eigenvalue weighted by molar-refractivity contribution is 8.16. The maximum absolute atomic E-state index is 2.30. The zero-order chi connectivity index (χ0) is 17.7. The number of hydrogen-bond acceptors (Lipinski definition) is 2. The third-order valence-corrected chi connectivity index (χ3v) is 7.45. The Morgan fingerprint density at radius 1 is 0.458 bits per heavy atom. The van der Waals surface area contributed by atoms with Crippen molar-refractivity contribution in [3.8, 4) is 0 Å². The standard InChI is InChI=1S/C22H46S2/c1-4-7-8-9-10-11-12-13-14-15-16-17-18-19-20-21-22(23-5-2)24-6-3/h22H,4-21H2,1-3H3. The third-order valence-electron chi connectivity index (χ3n) is 4.75. The van der Waals surface area contributed by atoms with Gasteiger partial charge in [-0.2, -0.15) is 0 Å². The van der Waals surface area contributed by atoms with Gasteiger partial charge in [0.1, 0.15) is 0 Å². The molecule has 0 fully saturated rings. The molecule has 0 saturated heterocycles. The van der Waals surface area contributed by atoms with Gasteiger partial charge in [-0.15, -0.1) is 23.5 Å². The molecule has 24 heavy (non-hydrogen) atoms. The summed E-state index contributed by atoms with van der Waals surface area (Å²) in [6.07, 6.45) is 23.4. The molecule has 0 radical (unpaired) electrons. The lowest BCUT2D eigenvalue weighted by Crippen LogP contribution is -1.98. The summed E-state index contributed by atoms with van der Waals surface area (Å²) >= 11 is 4.30. The Hall–Kier alpha value is 0.700. The molecule has 146 valence electrons. The fourth-order valence-electron chi connectivity index (χ4n) is 3.27. The van der Waals surface area contributed by atoms with E-state index in [1.807, 2.05) is 0 Å². The molecule has 0 N–H and O–H groups in total. The molecule has 0 amide bonds. The highest BCUT2D eigenvalue weighted by atomic mass is 32.2. The summed E-state index contributed by atoms with van der Waals surface area (Å²) in [7, 11) is 0. The minimum Gasteiger partial charge on any atom is -0.148 e. The van der Waals surface area contributed by atoms with Crippen molar-refractivity contribution in [3.63, 3.8) is 0 Å². The van der Waals surface area contributed by atoms with E-state index in [-0.39, 0.29) is 0 Å². The van der Waals surface area contributed by atoms with E-state index in [1.165, 1.54) is 114 Å². The van der Waals surface area contributed by atoms with Crippen LogP contribution in [0.1, 0.15) is 124 Å². The lowest BCUT2D eigenvalue weighted by atomic mass is 10.0. The molecule has 0 spiro atoms. The number of unbranched alkanes of at least 4 members (excludes halogenated alkanes) is 14.